The summed E-state index contributed by atoms with van der Waals surface area (Å²) in [6.45, 7) is 10.7. The smallest absolute Gasteiger partial charge is 0.410 e. The quantitative estimate of drug-likeness (QED) is 0.688. The molecule has 0 saturated carbocycles. The maximum atomic E-state index is 12.2. The zero-order chi connectivity index (χ0) is 17.5. The van der Waals surface area contributed by atoms with E-state index in [-0.39, 0.29) is 18.1 Å². The Morgan fingerprint density at radius 2 is 1.91 bits per heavy atom. The highest BCUT2D eigenvalue weighted by Crippen LogP contribution is 2.15. The molecule has 7 nitrogen and oxygen atoms in total. The van der Waals surface area contributed by atoms with E-state index in [4.69, 9.17) is 14.2 Å². The van der Waals surface area contributed by atoms with Crippen LogP contribution in [-0.4, -0.2) is 80.0 Å². The fraction of sp³-hybridized carbons (Fsp3) is 0.875. The Kier molecular flexibility index (Phi) is 7.78. The van der Waals surface area contributed by atoms with Gasteiger partial charge in [0.2, 0.25) is 0 Å². The zero-order valence-corrected chi connectivity index (χ0v) is 15.0. The molecule has 1 heterocycles. The number of nitrogens with zero attached hydrogens (tertiary/aromatic N) is 2. The predicted molar refractivity (Wildman–Crippen MR) is 86.3 cm³/mol. The molecule has 0 spiro atoms. The van der Waals surface area contributed by atoms with Crippen molar-refractivity contribution in [1.82, 2.24) is 9.80 Å². The van der Waals surface area contributed by atoms with Gasteiger partial charge in [0.1, 0.15) is 5.60 Å². The van der Waals surface area contributed by atoms with Gasteiger partial charge in [0.05, 0.1) is 25.7 Å². The first kappa shape index (κ1) is 19.7. The van der Waals surface area contributed by atoms with Gasteiger partial charge in [-0.1, -0.05) is 0 Å². The second kappa shape index (κ2) is 9.08. The van der Waals surface area contributed by atoms with Crippen LogP contribution in [0.15, 0.2) is 0 Å². The first-order valence-electron chi connectivity index (χ1n) is 8.13. The second-order valence-corrected chi connectivity index (χ2v) is 6.63. The van der Waals surface area contributed by atoms with Crippen molar-refractivity contribution in [2.24, 2.45) is 0 Å². The van der Waals surface area contributed by atoms with Gasteiger partial charge in [0, 0.05) is 33.3 Å². The van der Waals surface area contributed by atoms with E-state index < -0.39 is 5.60 Å². The van der Waals surface area contributed by atoms with Gasteiger partial charge in [-0.3, -0.25) is 9.69 Å². The van der Waals surface area contributed by atoms with Crippen molar-refractivity contribution in [3.63, 3.8) is 0 Å². The molecular weight excluding hydrogens is 300 g/mol. The standard InChI is InChI=1S/C16H30N2O5/c1-6-22-14(19)7-8-17-9-10-18(11-13(17)12-21-5)15(20)23-16(2,3)4/h13H,6-12H2,1-5H3/t13-/m0/s1. The third kappa shape index (κ3) is 7.18. The van der Waals surface area contributed by atoms with Crippen molar-refractivity contribution in [3.05, 3.63) is 0 Å². The Hall–Kier alpha value is -1.34. The average Bonchev–Trinajstić information content (AvgIpc) is 2.44. The molecule has 1 rings (SSSR count). The molecule has 0 aromatic rings. The van der Waals surface area contributed by atoms with Crippen molar-refractivity contribution in [1.29, 1.82) is 0 Å². The van der Waals surface area contributed by atoms with E-state index in [1.807, 2.05) is 20.8 Å². The number of carbonyl (C=O) groups is 2. The largest absolute Gasteiger partial charge is 0.466 e. The summed E-state index contributed by atoms with van der Waals surface area (Å²) in [5.74, 6) is -0.196. The van der Waals surface area contributed by atoms with Crippen LogP contribution >= 0.6 is 0 Å². The van der Waals surface area contributed by atoms with Crippen LogP contribution in [0.2, 0.25) is 0 Å². The minimum absolute atomic E-state index is 0.0516. The molecule has 1 aliphatic rings. The van der Waals surface area contributed by atoms with E-state index in [9.17, 15) is 9.59 Å². The summed E-state index contributed by atoms with van der Waals surface area (Å²) >= 11 is 0. The van der Waals surface area contributed by atoms with Gasteiger partial charge in [-0.25, -0.2) is 4.79 Å². The first-order chi connectivity index (χ1) is 10.8. The number of methoxy groups -OCH3 is 1. The highest BCUT2D eigenvalue weighted by atomic mass is 16.6. The minimum Gasteiger partial charge on any atom is -0.466 e. The Bertz CT molecular complexity index is 394. The molecule has 7 heteroatoms. The summed E-state index contributed by atoms with van der Waals surface area (Å²) in [6.07, 6.45) is 0.0455. The Labute approximate surface area is 138 Å². The number of amides is 1. The van der Waals surface area contributed by atoms with Crippen molar-refractivity contribution in [2.75, 3.05) is 46.5 Å². The summed E-state index contributed by atoms with van der Waals surface area (Å²) in [4.78, 5) is 27.6. The molecule has 0 unspecified atom stereocenters. The second-order valence-electron chi connectivity index (χ2n) is 6.63. The van der Waals surface area contributed by atoms with Crippen LogP contribution in [0.5, 0.6) is 0 Å². The average molecular weight is 330 g/mol. The van der Waals surface area contributed by atoms with Crippen LogP contribution in [0.4, 0.5) is 4.79 Å². The predicted octanol–water partition coefficient (Wildman–Crippen LogP) is 1.51. The Balaban J connectivity index is 2.56. The Morgan fingerprint density at radius 1 is 1.22 bits per heavy atom. The molecule has 0 aromatic carbocycles. The number of rotatable bonds is 6. The van der Waals surface area contributed by atoms with Crippen LogP contribution in [-0.2, 0) is 19.0 Å². The van der Waals surface area contributed by atoms with Gasteiger partial charge in [-0.15, -0.1) is 0 Å². The molecule has 0 aliphatic carbocycles. The van der Waals surface area contributed by atoms with Crippen LogP contribution in [0.25, 0.3) is 0 Å². The fourth-order valence-electron chi connectivity index (χ4n) is 2.50. The topological polar surface area (TPSA) is 68.3 Å². The Morgan fingerprint density at radius 3 is 2.48 bits per heavy atom. The van der Waals surface area contributed by atoms with Gasteiger partial charge >= 0.3 is 12.1 Å². The van der Waals surface area contributed by atoms with E-state index in [1.165, 1.54) is 0 Å². The summed E-state index contributed by atoms with van der Waals surface area (Å²) in [7, 11) is 1.63. The summed E-state index contributed by atoms with van der Waals surface area (Å²) in [5.41, 5.74) is -0.505. The fourth-order valence-corrected chi connectivity index (χ4v) is 2.50. The molecular formula is C16H30N2O5. The maximum absolute atomic E-state index is 12.2. The van der Waals surface area contributed by atoms with Crippen LogP contribution in [0.3, 0.4) is 0 Å². The van der Waals surface area contributed by atoms with Crippen LogP contribution in [0.1, 0.15) is 34.1 Å². The molecule has 0 bridgehead atoms. The summed E-state index contributed by atoms with van der Waals surface area (Å²) < 4.78 is 15.6. The number of hydrogen-bond acceptors (Lipinski definition) is 6. The van der Waals surface area contributed by atoms with Crippen molar-refractivity contribution in [2.45, 2.75) is 45.8 Å². The summed E-state index contributed by atoms with van der Waals surface area (Å²) in [6, 6.07) is 0.0516. The molecule has 1 fully saturated rings. The normalized spacial score (nSPS) is 19.5. The molecule has 1 aliphatic heterocycles. The molecule has 1 atom stereocenters. The molecule has 0 radical (unpaired) electrons. The van der Waals surface area contributed by atoms with E-state index in [0.717, 1.165) is 0 Å². The van der Waals surface area contributed by atoms with E-state index in [1.54, 1.807) is 18.9 Å². The number of hydrogen-bond donors (Lipinski definition) is 0. The van der Waals surface area contributed by atoms with Gasteiger partial charge < -0.3 is 19.1 Å². The number of piperazine rings is 1. The van der Waals surface area contributed by atoms with Crippen molar-refractivity contribution >= 4 is 12.1 Å². The lowest BCUT2D eigenvalue weighted by molar-refractivity contribution is -0.143. The zero-order valence-electron chi connectivity index (χ0n) is 15.0. The van der Waals surface area contributed by atoms with Gasteiger partial charge in [-0.05, 0) is 27.7 Å². The third-order valence-electron chi connectivity index (χ3n) is 3.52. The SMILES string of the molecule is CCOC(=O)CCN1CCN(C(=O)OC(C)(C)C)C[C@H]1COC. The van der Waals surface area contributed by atoms with Crippen LogP contribution < -0.4 is 0 Å². The van der Waals surface area contributed by atoms with Gasteiger partial charge in [0.25, 0.3) is 0 Å². The minimum atomic E-state index is -0.505. The molecule has 1 saturated heterocycles. The van der Waals surface area contributed by atoms with Gasteiger partial charge in [0.15, 0.2) is 0 Å². The number of esters is 1. The van der Waals surface area contributed by atoms with Crippen molar-refractivity contribution < 1.29 is 23.8 Å². The molecule has 134 valence electrons. The third-order valence-corrected chi connectivity index (χ3v) is 3.52. The van der Waals surface area contributed by atoms with Crippen LogP contribution in [0, 0.1) is 0 Å². The lowest BCUT2D eigenvalue weighted by atomic mass is 10.1. The number of ether oxygens (including phenoxy) is 3. The van der Waals surface area contributed by atoms with E-state index >= 15 is 0 Å². The van der Waals surface area contributed by atoms with Crippen molar-refractivity contribution in [3.8, 4) is 0 Å². The highest BCUT2D eigenvalue weighted by Gasteiger charge is 2.32. The van der Waals surface area contributed by atoms with E-state index in [2.05, 4.69) is 4.90 Å². The molecule has 23 heavy (non-hydrogen) atoms. The number of carbonyl (C=O) groups excluding carboxylic acids is 2. The lowest BCUT2D eigenvalue weighted by Crippen LogP contribution is -2.57. The van der Waals surface area contributed by atoms with E-state index in [0.29, 0.717) is 45.8 Å². The summed E-state index contributed by atoms with van der Waals surface area (Å²) in [5, 5.41) is 0. The molecule has 0 aromatic heterocycles. The van der Waals surface area contributed by atoms with Gasteiger partial charge in [-0.2, -0.15) is 0 Å². The maximum Gasteiger partial charge on any atom is 0.410 e. The highest BCUT2D eigenvalue weighted by molar-refractivity contribution is 5.69. The molecule has 0 N–H and O–H groups in total. The molecule has 1 amide bonds. The lowest BCUT2D eigenvalue weighted by Gasteiger charge is -2.41. The first-order valence-corrected chi connectivity index (χ1v) is 8.13. The monoisotopic (exact) mass is 330 g/mol.